The number of aromatic amines is 1. The molecule has 2 aromatic carbocycles. The van der Waals surface area contributed by atoms with E-state index in [0.29, 0.717) is 23.4 Å². The first kappa shape index (κ1) is 15.9. The fourth-order valence-electron chi connectivity index (χ4n) is 2.37. The number of carbonyl (C=O) groups is 1. The molecule has 0 saturated carbocycles. The van der Waals surface area contributed by atoms with Crippen molar-refractivity contribution in [2.45, 2.75) is 6.42 Å². The largest absolute Gasteiger partial charge is 0.350 e. The van der Waals surface area contributed by atoms with Crippen LogP contribution in [0.25, 0.3) is 11.3 Å². The molecule has 0 aliphatic carbocycles. The Morgan fingerprint density at radius 2 is 1.75 bits per heavy atom. The standard InChI is InChI=1S/C18H15F2N3O/c19-14-8-12(9-15(20)10-14)6-7-21-18(24)17-11-16(22-23-17)13-4-2-1-3-5-13/h1-5,8-11H,6-7H2,(H,21,24)(H,22,23). The Morgan fingerprint density at radius 3 is 2.46 bits per heavy atom. The van der Waals surface area contributed by atoms with E-state index < -0.39 is 11.6 Å². The molecule has 0 unspecified atom stereocenters. The van der Waals surface area contributed by atoms with Gasteiger partial charge < -0.3 is 5.32 Å². The van der Waals surface area contributed by atoms with Crippen LogP contribution in [0.2, 0.25) is 0 Å². The van der Waals surface area contributed by atoms with E-state index in [9.17, 15) is 13.6 Å². The third kappa shape index (κ3) is 3.84. The lowest BCUT2D eigenvalue weighted by Crippen LogP contribution is -2.26. The van der Waals surface area contributed by atoms with Crippen LogP contribution in [0.15, 0.2) is 54.6 Å². The lowest BCUT2D eigenvalue weighted by Gasteiger charge is -2.04. The summed E-state index contributed by atoms with van der Waals surface area (Å²) in [4.78, 5) is 12.1. The van der Waals surface area contributed by atoms with Gasteiger partial charge in [-0.05, 0) is 30.2 Å². The molecule has 0 bridgehead atoms. The zero-order chi connectivity index (χ0) is 16.9. The van der Waals surface area contributed by atoms with Crippen molar-refractivity contribution in [1.82, 2.24) is 15.5 Å². The monoisotopic (exact) mass is 327 g/mol. The van der Waals surface area contributed by atoms with Crippen LogP contribution in [0, 0.1) is 11.6 Å². The van der Waals surface area contributed by atoms with E-state index in [1.807, 2.05) is 30.3 Å². The summed E-state index contributed by atoms with van der Waals surface area (Å²) in [5, 5.41) is 9.50. The van der Waals surface area contributed by atoms with Crippen molar-refractivity contribution in [1.29, 1.82) is 0 Å². The van der Waals surface area contributed by atoms with E-state index in [1.54, 1.807) is 6.07 Å². The first-order valence-electron chi connectivity index (χ1n) is 7.46. The molecule has 0 saturated heterocycles. The highest BCUT2D eigenvalue weighted by Gasteiger charge is 2.10. The van der Waals surface area contributed by atoms with Gasteiger partial charge in [0, 0.05) is 18.2 Å². The number of amides is 1. The maximum Gasteiger partial charge on any atom is 0.269 e. The average Bonchev–Trinajstić information content (AvgIpc) is 3.05. The first-order chi connectivity index (χ1) is 11.6. The fraction of sp³-hybridized carbons (Fsp3) is 0.111. The van der Waals surface area contributed by atoms with Gasteiger partial charge in [-0.3, -0.25) is 9.89 Å². The van der Waals surface area contributed by atoms with Crippen molar-refractivity contribution in [3.63, 3.8) is 0 Å². The molecule has 0 aliphatic rings. The molecular formula is C18H15F2N3O. The zero-order valence-electron chi connectivity index (χ0n) is 12.7. The Labute approximate surface area is 137 Å². The van der Waals surface area contributed by atoms with Gasteiger partial charge in [-0.15, -0.1) is 0 Å². The number of nitrogens with zero attached hydrogens (tertiary/aromatic N) is 1. The Morgan fingerprint density at radius 1 is 1.04 bits per heavy atom. The van der Waals surface area contributed by atoms with Gasteiger partial charge in [-0.1, -0.05) is 30.3 Å². The van der Waals surface area contributed by atoms with Crippen molar-refractivity contribution in [2.24, 2.45) is 0 Å². The van der Waals surface area contributed by atoms with Crippen LogP contribution >= 0.6 is 0 Å². The molecule has 4 nitrogen and oxygen atoms in total. The van der Waals surface area contributed by atoms with Crippen LogP contribution in [0.5, 0.6) is 0 Å². The maximum absolute atomic E-state index is 13.1. The molecule has 24 heavy (non-hydrogen) atoms. The molecule has 0 aliphatic heterocycles. The van der Waals surface area contributed by atoms with Crippen LogP contribution < -0.4 is 5.32 Å². The molecule has 0 spiro atoms. The Kier molecular flexibility index (Phi) is 4.65. The van der Waals surface area contributed by atoms with Gasteiger partial charge in [0.2, 0.25) is 0 Å². The summed E-state index contributed by atoms with van der Waals surface area (Å²) in [5.41, 5.74) is 2.40. The highest BCUT2D eigenvalue weighted by Crippen LogP contribution is 2.16. The van der Waals surface area contributed by atoms with Crippen LogP contribution in [0.4, 0.5) is 8.78 Å². The number of halogens is 2. The summed E-state index contributed by atoms with van der Waals surface area (Å²) < 4.78 is 26.2. The van der Waals surface area contributed by atoms with E-state index in [-0.39, 0.29) is 12.5 Å². The maximum atomic E-state index is 13.1. The number of hydrogen-bond acceptors (Lipinski definition) is 2. The molecule has 3 aromatic rings. The summed E-state index contributed by atoms with van der Waals surface area (Å²) in [5.74, 6) is -1.57. The number of H-pyrrole nitrogens is 1. The van der Waals surface area contributed by atoms with Crippen molar-refractivity contribution in [3.8, 4) is 11.3 Å². The Hall–Kier alpha value is -3.02. The predicted molar refractivity (Wildman–Crippen MR) is 86.4 cm³/mol. The van der Waals surface area contributed by atoms with Gasteiger partial charge in [-0.2, -0.15) is 5.10 Å². The van der Waals surface area contributed by atoms with Crippen molar-refractivity contribution >= 4 is 5.91 Å². The van der Waals surface area contributed by atoms with Crippen LogP contribution in [0.3, 0.4) is 0 Å². The third-order valence-corrected chi connectivity index (χ3v) is 3.51. The molecule has 1 aromatic heterocycles. The highest BCUT2D eigenvalue weighted by atomic mass is 19.1. The zero-order valence-corrected chi connectivity index (χ0v) is 12.7. The van der Waals surface area contributed by atoms with E-state index in [1.165, 1.54) is 12.1 Å². The van der Waals surface area contributed by atoms with E-state index in [0.717, 1.165) is 11.6 Å². The fourth-order valence-corrected chi connectivity index (χ4v) is 2.37. The molecule has 0 radical (unpaired) electrons. The van der Waals surface area contributed by atoms with Crippen molar-refractivity contribution in [3.05, 3.63) is 77.5 Å². The highest BCUT2D eigenvalue weighted by molar-refractivity contribution is 5.93. The number of nitrogens with one attached hydrogen (secondary N) is 2. The van der Waals surface area contributed by atoms with E-state index in [2.05, 4.69) is 15.5 Å². The smallest absolute Gasteiger partial charge is 0.269 e. The topological polar surface area (TPSA) is 57.8 Å². The summed E-state index contributed by atoms with van der Waals surface area (Å²) >= 11 is 0. The van der Waals surface area contributed by atoms with Gasteiger partial charge in [0.15, 0.2) is 0 Å². The van der Waals surface area contributed by atoms with Gasteiger partial charge in [0.1, 0.15) is 17.3 Å². The predicted octanol–water partition coefficient (Wildman–Crippen LogP) is 3.33. The molecule has 2 N–H and O–H groups in total. The number of carbonyl (C=O) groups excluding carboxylic acids is 1. The molecule has 0 atom stereocenters. The quantitative estimate of drug-likeness (QED) is 0.755. The molecule has 3 rings (SSSR count). The normalized spacial score (nSPS) is 10.6. The summed E-state index contributed by atoms with van der Waals surface area (Å²) in [6, 6.07) is 14.5. The molecule has 0 fully saturated rings. The number of rotatable bonds is 5. The lowest BCUT2D eigenvalue weighted by atomic mass is 10.1. The Balaban J connectivity index is 1.58. The van der Waals surface area contributed by atoms with E-state index >= 15 is 0 Å². The van der Waals surface area contributed by atoms with Gasteiger partial charge in [0.25, 0.3) is 5.91 Å². The second-order valence-corrected chi connectivity index (χ2v) is 5.32. The second-order valence-electron chi connectivity index (χ2n) is 5.32. The third-order valence-electron chi connectivity index (χ3n) is 3.51. The SMILES string of the molecule is O=C(NCCc1cc(F)cc(F)c1)c1cc(-c2ccccc2)n[nH]1. The second kappa shape index (κ2) is 7.04. The number of benzene rings is 2. The van der Waals surface area contributed by atoms with Crippen molar-refractivity contribution in [2.75, 3.05) is 6.54 Å². The van der Waals surface area contributed by atoms with Gasteiger partial charge >= 0.3 is 0 Å². The summed E-state index contributed by atoms with van der Waals surface area (Å²) in [6.45, 7) is 0.265. The van der Waals surface area contributed by atoms with Crippen molar-refractivity contribution < 1.29 is 13.6 Å². The van der Waals surface area contributed by atoms with E-state index in [4.69, 9.17) is 0 Å². The number of aromatic nitrogens is 2. The van der Waals surface area contributed by atoms with Crippen LogP contribution in [0.1, 0.15) is 16.1 Å². The summed E-state index contributed by atoms with van der Waals surface area (Å²) in [7, 11) is 0. The Bertz CT molecular complexity index is 826. The van der Waals surface area contributed by atoms with Gasteiger partial charge in [-0.25, -0.2) is 8.78 Å². The minimum absolute atomic E-state index is 0.265. The minimum atomic E-state index is -0.627. The van der Waals surface area contributed by atoms with Crippen LogP contribution in [-0.2, 0) is 6.42 Å². The molecule has 6 heteroatoms. The molecule has 122 valence electrons. The molecule has 1 amide bonds. The molecular weight excluding hydrogens is 312 g/mol. The summed E-state index contributed by atoms with van der Waals surface area (Å²) in [6.07, 6.45) is 0.333. The first-order valence-corrected chi connectivity index (χ1v) is 7.46. The average molecular weight is 327 g/mol. The lowest BCUT2D eigenvalue weighted by molar-refractivity contribution is 0.0949. The number of hydrogen-bond donors (Lipinski definition) is 2. The minimum Gasteiger partial charge on any atom is -0.350 e. The van der Waals surface area contributed by atoms with Crippen LogP contribution in [-0.4, -0.2) is 22.6 Å². The van der Waals surface area contributed by atoms with Gasteiger partial charge in [0.05, 0.1) is 5.69 Å². The molecule has 1 heterocycles.